The molecular weight excluding hydrogens is 302 g/mol. The van der Waals surface area contributed by atoms with Crippen molar-refractivity contribution in [3.63, 3.8) is 0 Å². The van der Waals surface area contributed by atoms with Crippen molar-refractivity contribution in [1.29, 1.82) is 0 Å². The van der Waals surface area contributed by atoms with Gasteiger partial charge in [0.2, 0.25) is 5.91 Å². The van der Waals surface area contributed by atoms with E-state index in [0.717, 1.165) is 34.8 Å². The minimum Gasteiger partial charge on any atom is -0.497 e. The normalized spacial score (nSPS) is 33.3. The van der Waals surface area contributed by atoms with Crippen molar-refractivity contribution in [3.05, 3.63) is 23.8 Å². The molecule has 1 N–H and O–H groups in total. The van der Waals surface area contributed by atoms with E-state index in [1.165, 1.54) is 38.5 Å². The van der Waals surface area contributed by atoms with Gasteiger partial charge in [0, 0.05) is 17.2 Å². The van der Waals surface area contributed by atoms with Crippen LogP contribution in [0.3, 0.4) is 0 Å². The Labute approximate surface area is 143 Å². The molecule has 4 heteroatoms. The first-order valence-corrected chi connectivity index (χ1v) is 9.11. The quantitative estimate of drug-likeness (QED) is 0.901. The van der Waals surface area contributed by atoms with Crippen LogP contribution in [0.5, 0.6) is 11.5 Å². The fourth-order valence-corrected chi connectivity index (χ4v) is 5.77. The Kier molecular flexibility index (Phi) is 3.93. The van der Waals surface area contributed by atoms with E-state index in [1.807, 2.05) is 18.2 Å². The minimum absolute atomic E-state index is 0.0749. The summed E-state index contributed by atoms with van der Waals surface area (Å²) in [7, 11) is 3.27. The molecule has 0 unspecified atom stereocenters. The van der Waals surface area contributed by atoms with Crippen LogP contribution in [0, 0.1) is 17.8 Å². The number of rotatable bonds is 5. The van der Waals surface area contributed by atoms with Gasteiger partial charge in [-0.1, -0.05) is 6.07 Å². The molecule has 4 saturated carbocycles. The summed E-state index contributed by atoms with van der Waals surface area (Å²) in [4.78, 5) is 12.7. The predicted molar refractivity (Wildman–Crippen MR) is 92.3 cm³/mol. The fourth-order valence-electron chi connectivity index (χ4n) is 5.77. The lowest BCUT2D eigenvalue weighted by molar-refractivity contribution is -0.126. The Morgan fingerprint density at radius 3 is 2.25 bits per heavy atom. The summed E-state index contributed by atoms with van der Waals surface area (Å²) in [6.45, 7) is 0. The molecule has 0 aliphatic heterocycles. The summed E-state index contributed by atoms with van der Waals surface area (Å²) in [6, 6.07) is 5.65. The maximum Gasteiger partial charge on any atom is 0.224 e. The van der Waals surface area contributed by atoms with Gasteiger partial charge in [0.15, 0.2) is 0 Å². The first kappa shape index (κ1) is 15.8. The first-order chi connectivity index (χ1) is 11.6. The molecule has 0 heterocycles. The Bertz CT molecular complexity index is 604. The van der Waals surface area contributed by atoms with E-state index in [4.69, 9.17) is 9.47 Å². The number of carbonyl (C=O) groups is 1. The summed E-state index contributed by atoms with van der Waals surface area (Å²) in [6.07, 6.45) is 8.10. The first-order valence-electron chi connectivity index (χ1n) is 9.11. The average Bonchev–Trinajstić information content (AvgIpc) is 2.53. The van der Waals surface area contributed by atoms with Gasteiger partial charge >= 0.3 is 0 Å². The zero-order chi connectivity index (χ0) is 16.7. The summed E-state index contributed by atoms with van der Waals surface area (Å²) in [5.74, 6) is 4.11. The lowest BCUT2D eigenvalue weighted by atomic mass is 9.53. The second kappa shape index (κ2) is 5.98. The molecule has 0 spiro atoms. The van der Waals surface area contributed by atoms with E-state index in [0.29, 0.717) is 6.42 Å². The van der Waals surface area contributed by atoms with Crippen LogP contribution < -0.4 is 14.8 Å². The van der Waals surface area contributed by atoms with E-state index >= 15 is 0 Å². The van der Waals surface area contributed by atoms with Crippen LogP contribution in [0.25, 0.3) is 0 Å². The number of benzene rings is 1. The third-order valence-corrected chi connectivity index (χ3v) is 6.29. The number of carbonyl (C=O) groups excluding carboxylic acids is 1. The number of amides is 1. The van der Waals surface area contributed by atoms with Crippen molar-refractivity contribution >= 4 is 5.91 Å². The molecule has 24 heavy (non-hydrogen) atoms. The zero-order valence-corrected chi connectivity index (χ0v) is 14.6. The lowest BCUT2D eigenvalue weighted by Gasteiger charge is -2.56. The van der Waals surface area contributed by atoms with Crippen molar-refractivity contribution in [3.8, 4) is 11.5 Å². The van der Waals surface area contributed by atoms with E-state index in [9.17, 15) is 4.79 Å². The maximum absolute atomic E-state index is 12.7. The van der Waals surface area contributed by atoms with Gasteiger partial charge in [0.1, 0.15) is 11.5 Å². The zero-order valence-electron chi connectivity index (χ0n) is 14.6. The van der Waals surface area contributed by atoms with Crippen molar-refractivity contribution in [2.45, 2.75) is 50.5 Å². The number of methoxy groups -OCH3 is 2. The van der Waals surface area contributed by atoms with E-state index < -0.39 is 0 Å². The van der Waals surface area contributed by atoms with Crippen molar-refractivity contribution in [2.24, 2.45) is 17.8 Å². The highest BCUT2D eigenvalue weighted by atomic mass is 16.5. The molecule has 0 atom stereocenters. The maximum atomic E-state index is 12.7. The topological polar surface area (TPSA) is 47.6 Å². The van der Waals surface area contributed by atoms with Gasteiger partial charge in [-0.05, 0) is 62.3 Å². The van der Waals surface area contributed by atoms with Gasteiger partial charge in [0.05, 0.1) is 20.6 Å². The van der Waals surface area contributed by atoms with Crippen LogP contribution in [-0.2, 0) is 11.2 Å². The van der Waals surface area contributed by atoms with Gasteiger partial charge in [-0.2, -0.15) is 0 Å². The Morgan fingerprint density at radius 2 is 1.71 bits per heavy atom. The monoisotopic (exact) mass is 329 g/mol. The molecule has 4 nitrogen and oxygen atoms in total. The largest absolute Gasteiger partial charge is 0.497 e. The molecule has 0 saturated heterocycles. The molecule has 4 aliphatic carbocycles. The van der Waals surface area contributed by atoms with Crippen LogP contribution in [0.4, 0.5) is 0 Å². The Hall–Kier alpha value is -1.71. The molecule has 4 aliphatic rings. The van der Waals surface area contributed by atoms with Crippen LogP contribution in [0.15, 0.2) is 18.2 Å². The van der Waals surface area contributed by atoms with E-state index in [1.54, 1.807) is 14.2 Å². The standard InChI is InChI=1S/C20H27NO3/c1-23-17-4-3-16(18(9-17)24-2)8-19(22)21-20-10-13-5-14(11-20)7-15(6-13)12-20/h3-4,9,13-15H,5-8,10-12H2,1-2H3,(H,21,22). The molecule has 0 aromatic heterocycles. The molecule has 1 aromatic rings. The SMILES string of the molecule is COc1ccc(CC(=O)NC23CC4CC(CC(C4)C2)C3)c(OC)c1. The van der Waals surface area contributed by atoms with Crippen LogP contribution in [0.2, 0.25) is 0 Å². The highest BCUT2D eigenvalue weighted by Crippen LogP contribution is 2.55. The predicted octanol–water partition coefficient (Wildman–Crippen LogP) is 3.33. The lowest BCUT2D eigenvalue weighted by Crippen LogP contribution is -2.60. The van der Waals surface area contributed by atoms with Gasteiger partial charge in [-0.15, -0.1) is 0 Å². The van der Waals surface area contributed by atoms with Gasteiger partial charge in [-0.3, -0.25) is 4.79 Å². The van der Waals surface area contributed by atoms with Crippen LogP contribution in [0.1, 0.15) is 44.1 Å². The molecule has 4 fully saturated rings. The summed E-state index contributed by atoms with van der Waals surface area (Å²) >= 11 is 0. The van der Waals surface area contributed by atoms with Crippen molar-refractivity contribution in [1.82, 2.24) is 5.32 Å². The van der Waals surface area contributed by atoms with E-state index in [2.05, 4.69) is 5.32 Å². The van der Waals surface area contributed by atoms with Crippen LogP contribution in [-0.4, -0.2) is 25.7 Å². The summed E-state index contributed by atoms with van der Waals surface area (Å²) in [5, 5.41) is 3.43. The smallest absolute Gasteiger partial charge is 0.224 e. The third-order valence-electron chi connectivity index (χ3n) is 6.29. The highest BCUT2D eigenvalue weighted by molar-refractivity contribution is 5.80. The second-order valence-electron chi connectivity index (χ2n) is 8.10. The Balaban J connectivity index is 1.46. The molecule has 5 rings (SSSR count). The van der Waals surface area contributed by atoms with Crippen molar-refractivity contribution < 1.29 is 14.3 Å². The molecule has 0 radical (unpaired) electrons. The molecule has 130 valence electrons. The number of hydrogen-bond acceptors (Lipinski definition) is 3. The molecular formula is C20H27NO3. The van der Waals surface area contributed by atoms with Gasteiger partial charge < -0.3 is 14.8 Å². The van der Waals surface area contributed by atoms with Crippen LogP contribution >= 0.6 is 0 Å². The second-order valence-corrected chi connectivity index (χ2v) is 8.10. The number of hydrogen-bond donors (Lipinski definition) is 1. The minimum atomic E-state index is 0.0749. The fraction of sp³-hybridized carbons (Fsp3) is 0.650. The van der Waals surface area contributed by atoms with Gasteiger partial charge in [-0.25, -0.2) is 0 Å². The number of nitrogens with one attached hydrogen (secondary N) is 1. The van der Waals surface area contributed by atoms with Gasteiger partial charge in [0.25, 0.3) is 0 Å². The average molecular weight is 329 g/mol. The number of ether oxygens (including phenoxy) is 2. The highest BCUT2D eigenvalue weighted by Gasteiger charge is 2.51. The Morgan fingerprint density at radius 1 is 1.08 bits per heavy atom. The molecule has 1 aromatic carbocycles. The van der Waals surface area contributed by atoms with Crippen molar-refractivity contribution in [2.75, 3.05) is 14.2 Å². The summed E-state index contributed by atoms with van der Waals surface area (Å²) < 4.78 is 10.6. The third kappa shape index (κ3) is 2.87. The molecule has 1 amide bonds. The molecule has 4 bridgehead atoms. The summed E-state index contributed by atoms with van der Waals surface area (Å²) in [5.41, 5.74) is 0.992. The van der Waals surface area contributed by atoms with E-state index in [-0.39, 0.29) is 11.4 Å².